The second-order valence-corrected chi connectivity index (χ2v) is 9.67. The van der Waals surface area contributed by atoms with E-state index in [9.17, 15) is 4.79 Å². The molecule has 0 bridgehead atoms. The van der Waals surface area contributed by atoms with Gasteiger partial charge in [-0.15, -0.1) is 0 Å². The van der Waals surface area contributed by atoms with Crippen LogP contribution in [0.1, 0.15) is 59.2 Å². The maximum absolute atomic E-state index is 11.8. The largest absolute Gasteiger partial charge is 0.444 e. The van der Waals surface area contributed by atoms with Gasteiger partial charge in [0.25, 0.3) is 0 Å². The number of amides is 1. The highest BCUT2D eigenvalue weighted by atomic mass is 79.9. The number of benzene rings is 1. The minimum Gasteiger partial charge on any atom is -0.444 e. The molecule has 0 aliphatic carbocycles. The highest BCUT2D eigenvalue weighted by Gasteiger charge is 2.19. The van der Waals surface area contributed by atoms with Gasteiger partial charge in [-0.3, -0.25) is 0 Å². The third-order valence-corrected chi connectivity index (χ3v) is 5.31. The van der Waals surface area contributed by atoms with Crippen molar-refractivity contribution < 1.29 is 14.4 Å². The Morgan fingerprint density at radius 1 is 1.22 bits per heavy atom. The first-order valence-electron chi connectivity index (χ1n) is 11.1. The molecule has 3 N–H and O–H groups in total. The number of unbranched alkanes of at least 4 members (excludes halogenated alkanes) is 2. The van der Waals surface area contributed by atoms with E-state index in [1.807, 2.05) is 43.7 Å². The number of hydrogen-bond donors (Lipinski definition) is 2. The number of anilines is 1. The molecule has 174 valence electrons. The summed E-state index contributed by atoms with van der Waals surface area (Å²) >= 11 is 3.50. The average molecular weight is 506 g/mol. The Morgan fingerprint density at radius 2 is 2.00 bits per heavy atom. The molecule has 0 saturated carbocycles. The van der Waals surface area contributed by atoms with Gasteiger partial charge < -0.3 is 20.6 Å². The second kappa shape index (κ2) is 10.4. The molecular formula is C23H32BrN5O3. The molecule has 1 aromatic carbocycles. The number of rotatable bonds is 9. The molecule has 3 rings (SSSR count). The summed E-state index contributed by atoms with van der Waals surface area (Å²) in [5, 5.41) is 3.72. The predicted molar refractivity (Wildman–Crippen MR) is 131 cm³/mol. The van der Waals surface area contributed by atoms with Crippen molar-refractivity contribution in [2.75, 3.05) is 18.9 Å². The van der Waals surface area contributed by atoms with Gasteiger partial charge in [-0.2, -0.15) is 4.73 Å². The molecule has 0 saturated heterocycles. The molecule has 8 nitrogen and oxygen atoms in total. The van der Waals surface area contributed by atoms with Crippen molar-refractivity contribution in [1.29, 1.82) is 0 Å². The first kappa shape index (κ1) is 24.1. The molecule has 0 radical (unpaired) electrons. The quantitative estimate of drug-likeness (QED) is 0.396. The van der Waals surface area contributed by atoms with Crippen molar-refractivity contribution in [3.8, 4) is 0 Å². The van der Waals surface area contributed by atoms with E-state index >= 15 is 0 Å². The van der Waals surface area contributed by atoms with Crippen LogP contribution < -0.4 is 15.9 Å². The van der Waals surface area contributed by atoms with Crippen molar-refractivity contribution >= 4 is 49.8 Å². The lowest BCUT2D eigenvalue weighted by molar-refractivity contribution is 0.0524. The van der Waals surface area contributed by atoms with Gasteiger partial charge in [-0.25, -0.2) is 14.8 Å². The number of alkyl carbamates (subject to hydrolysis) is 1. The number of imidazole rings is 1. The Labute approximate surface area is 196 Å². The highest BCUT2D eigenvalue weighted by molar-refractivity contribution is 9.10. The van der Waals surface area contributed by atoms with E-state index in [0.29, 0.717) is 24.5 Å². The SMILES string of the molecule is CCCCc1nc2c(N)nc3cc(Br)ccc3c2n1OCCCCNC(=O)OC(C)(C)C. The summed E-state index contributed by atoms with van der Waals surface area (Å²) in [6.07, 6.45) is 3.99. The molecule has 2 heterocycles. The summed E-state index contributed by atoms with van der Waals surface area (Å²) in [6.45, 7) is 8.69. The Hall–Kier alpha value is -2.55. The number of nitrogen functional groups attached to an aromatic ring is 1. The lowest BCUT2D eigenvalue weighted by Crippen LogP contribution is -2.33. The van der Waals surface area contributed by atoms with Crippen LogP contribution in [0.5, 0.6) is 0 Å². The molecule has 0 aliphatic rings. The number of nitrogens with two attached hydrogens (primary N) is 1. The van der Waals surface area contributed by atoms with Crippen LogP contribution >= 0.6 is 15.9 Å². The molecule has 1 amide bonds. The maximum atomic E-state index is 11.8. The van der Waals surface area contributed by atoms with Crippen molar-refractivity contribution in [3.05, 3.63) is 28.5 Å². The summed E-state index contributed by atoms with van der Waals surface area (Å²) < 4.78 is 8.01. The number of fused-ring (bicyclic) bond motifs is 3. The van der Waals surface area contributed by atoms with Crippen LogP contribution in [0.4, 0.5) is 10.6 Å². The molecule has 0 atom stereocenters. The Balaban J connectivity index is 1.73. The van der Waals surface area contributed by atoms with Gasteiger partial charge in [-0.1, -0.05) is 29.3 Å². The fourth-order valence-electron chi connectivity index (χ4n) is 3.37. The van der Waals surface area contributed by atoms with Crippen LogP contribution in [-0.2, 0) is 11.2 Å². The minimum atomic E-state index is -0.500. The van der Waals surface area contributed by atoms with Crippen molar-refractivity contribution in [3.63, 3.8) is 0 Å². The average Bonchev–Trinajstić information content (AvgIpc) is 3.06. The van der Waals surface area contributed by atoms with Gasteiger partial charge in [0.15, 0.2) is 5.82 Å². The summed E-state index contributed by atoms with van der Waals surface area (Å²) in [5.41, 5.74) is 8.04. The topological polar surface area (TPSA) is 104 Å². The molecular weight excluding hydrogens is 474 g/mol. The van der Waals surface area contributed by atoms with Gasteiger partial charge in [0.2, 0.25) is 0 Å². The van der Waals surface area contributed by atoms with Crippen LogP contribution in [-0.4, -0.2) is 39.5 Å². The number of pyridine rings is 1. The summed E-state index contributed by atoms with van der Waals surface area (Å²) in [7, 11) is 0. The third-order valence-electron chi connectivity index (χ3n) is 4.81. The van der Waals surface area contributed by atoms with E-state index in [-0.39, 0.29) is 0 Å². The monoisotopic (exact) mass is 505 g/mol. The van der Waals surface area contributed by atoms with Crippen molar-refractivity contribution in [2.45, 2.75) is 65.4 Å². The van der Waals surface area contributed by atoms with Crippen LogP contribution in [0, 0.1) is 0 Å². The van der Waals surface area contributed by atoms with Gasteiger partial charge in [-0.05, 0) is 58.2 Å². The van der Waals surface area contributed by atoms with Crippen LogP contribution in [0.25, 0.3) is 21.9 Å². The molecule has 2 aromatic heterocycles. The molecule has 9 heteroatoms. The molecule has 0 aliphatic heterocycles. The maximum Gasteiger partial charge on any atom is 0.407 e. The van der Waals surface area contributed by atoms with E-state index in [0.717, 1.165) is 58.8 Å². The predicted octanol–water partition coefficient (Wildman–Crippen LogP) is 5.01. The smallest absolute Gasteiger partial charge is 0.407 e. The molecule has 3 aromatic rings. The Morgan fingerprint density at radius 3 is 2.72 bits per heavy atom. The number of aromatic nitrogens is 3. The normalized spacial score (nSPS) is 11.8. The second-order valence-electron chi connectivity index (χ2n) is 8.75. The van der Waals surface area contributed by atoms with E-state index in [1.165, 1.54) is 0 Å². The first-order chi connectivity index (χ1) is 15.2. The van der Waals surface area contributed by atoms with Crippen LogP contribution in [0.2, 0.25) is 0 Å². The number of nitrogens with zero attached hydrogens (tertiary/aromatic N) is 3. The van der Waals surface area contributed by atoms with E-state index in [1.54, 1.807) is 0 Å². The number of carbonyl (C=O) groups is 1. The number of carbonyl (C=O) groups excluding carboxylic acids is 1. The standard InChI is InChI=1S/C23H32BrN5O3/c1-5-6-9-18-28-19-20(16-11-10-15(24)14-17(16)27-21(19)25)29(18)31-13-8-7-12-26-22(30)32-23(2,3)4/h10-11,14H,5-9,12-13H2,1-4H3,(H2,25,27)(H,26,30). The summed E-state index contributed by atoms with van der Waals surface area (Å²) in [5.74, 6) is 1.24. The first-order valence-corrected chi connectivity index (χ1v) is 11.8. The van der Waals surface area contributed by atoms with Crippen LogP contribution in [0.3, 0.4) is 0 Å². The number of halogens is 1. The van der Waals surface area contributed by atoms with Crippen molar-refractivity contribution in [2.24, 2.45) is 0 Å². The van der Waals surface area contributed by atoms with E-state index in [2.05, 4.69) is 33.2 Å². The number of hydrogen-bond acceptors (Lipinski definition) is 6. The summed E-state index contributed by atoms with van der Waals surface area (Å²) in [6, 6.07) is 5.92. The molecule has 0 spiro atoms. The van der Waals surface area contributed by atoms with Crippen LogP contribution in [0.15, 0.2) is 22.7 Å². The Kier molecular flexibility index (Phi) is 7.82. The zero-order chi connectivity index (χ0) is 23.3. The van der Waals surface area contributed by atoms with E-state index in [4.69, 9.17) is 20.3 Å². The lowest BCUT2D eigenvalue weighted by Gasteiger charge is -2.19. The summed E-state index contributed by atoms with van der Waals surface area (Å²) in [4.78, 5) is 27.2. The van der Waals surface area contributed by atoms with Gasteiger partial charge in [0.1, 0.15) is 29.1 Å². The lowest BCUT2D eigenvalue weighted by atomic mass is 10.2. The fraction of sp³-hybridized carbons (Fsp3) is 0.522. The van der Waals surface area contributed by atoms with Crippen molar-refractivity contribution in [1.82, 2.24) is 20.0 Å². The molecule has 0 unspecified atom stereocenters. The van der Waals surface area contributed by atoms with Gasteiger partial charge >= 0.3 is 6.09 Å². The third kappa shape index (κ3) is 6.03. The molecule has 32 heavy (non-hydrogen) atoms. The minimum absolute atomic E-state index is 0.396. The fourth-order valence-corrected chi connectivity index (χ4v) is 3.72. The number of nitrogens with one attached hydrogen (secondary N) is 1. The molecule has 0 fully saturated rings. The Bertz CT molecular complexity index is 1090. The zero-order valence-corrected chi connectivity index (χ0v) is 20.8. The van der Waals surface area contributed by atoms with Gasteiger partial charge in [0, 0.05) is 22.8 Å². The van der Waals surface area contributed by atoms with E-state index < -0.39 is 11.7 Å². The number of aryl methyl sites for hydroxylation is 1. The zero-order valence-electron chi connectivity index (χ0n) is 19.2. The highest BCUT2D eigenvalue weighted by Crippen LogP contribution is 2.30. The number of ether oxygens (including phenoxy) is 1. The van der Waals surface area contributed by atoms with Gasteiger partial charge in [0.05, 0.1) is 5.52 Å².